The first-order chi connectivity index (χ1) is 4.75. The number of rotatable bonds is 1. The second kappa shape index (κ2) is 2.96. The van der Waals surface area contributed by atoms with Crippen LogP contribution in [0, 0.1) is 0 Å². The van der Waals surface area contributed by atoms with Crippen molar-refractivity contribution in [3.05, 3.63) is 0 Å². The molecule has 1 N–H and O–H groups in total. The first-order valence-corrected chi connectivity index (χ1v) is 3.21. The van der Waals surface area contributed by atoms with Crippen molar-refractivity contribution in [2.24, 2.45) is 0 Å². The van der Waals surface area contributed by atoms with E-state index in [9.17, 15) is 9.18 Å². The zero-order valence-corrected chi connectivity index (χ0v) is 5.76. The lowest BCUT2D eigenvalue weighted by molar-refractivity contribution is -0.143. The maximum Gasteiger partial charge on any atom is 0.325 e. The maximum absolute atomic E-state index is 12.7. The highest BCUT2D eigenvalue weighted by Crippen LogP contribution is 2.11. The number of alkyl halides is 1. The van der Waals surface area contributed by atoms with Gasteiger partial charge in [0.15, 0.2) is 0 Å². The van der Waals surface area contributed by atoms with Crippen LogP contribution in [0.4, 0.5) is 4.39 Å². The molecule has 2 unspecified atom stereocenters. The van der Waals surface area contributed by atoms with Crippen molar-refractivity contribution in [3.8, 4) is 0 Å². The van der Waals surface area contributed by atoms with Gasteiger partial charge in [-0.2, -0.15) is 0 Å². The molecule has 0 aromatic carbocycles. The monoisotopic (exact) mass is 147 g/mol. The molecule has 0 saturated carbocycles. The van der Waals surface area contributed by atoms with Crippen molar-refractivity contribution in [1.82, 2.24) is 5.32 Å². The fourth-order valence-electron chi connectivity index (χ4n) is 1.03. The fraction of sp³-hybridized carbons (Fsp3) is 0.833. The zero-order chi connectivity index (χ0) is 7.56. The van der Waals surface area contributed by atoms with E-state index >= 15 is 0 Å². The number of methoxy groups -OCH3 is 1. The van der Waals surface area contributed by atoms with E-state index in [1.165, 1.54) is 7.11 Å². The van der Waals surface area contributed by atoms with Gasteiger partial charge in [-0.1, -0.05) is 0 Å². The van der Waals surface area contributed by atoms with Gasteiger partial charge in [0.05, 0.1) is 7.11 Å². The van der Waals surface area contributed by atoms with E-state index in [1.54, 1.807) is 0 Å². The molecule has 0 radical (unpaired) electrons. The lowest BCUT2D eigenvalue weighted by Gasteiger charge is -2.08. The second-order valence-corrected chi connectivity index (χ2v) is 2.26. The maximum atomic E-state index is 12.7. The van der Waals surface area contributed by atoms with E-state index in [0.717, 1.165) is 0 Å². The number of halogens is 1. The van der Waals surface area contributed by atoms with Crippen LogP contribution < -0.4 is 5.32 Å². The largest absolute Gasteiger partial charge is 0.468 e. The van der Waals surface area contributed by atoms with E-state index < -0.39 is 18.2 Å². The summed E-state index contributed by atoms with van der Waals surface area (Å²) >= 11 is 0. The molecular weight excluding hydrogens is 137 g/mol. The second-order valence-electron chi connectivity index (χ2n) is 2.26. The molecule has 3 nitrogen and oxygen atoms in total. The van der Waals surface area contributed by atoms with E-state index in [2.05, 4.69) is 10.1 Å². The number of hydrogen-bond donors (Lipinski definition) is 1. The van der Waals surface area contributed by atoms with E-state index in [0.29, 0.717) is 13.0 Å². The minimum Gasteiger partial charge on any atom is -0.468 e. The number of nitrogens with one attached hydrogen (secondary N) is 1. The van der Waals surface area contributed by atoms with Crippen LogP contribution in [0.5, 0.6) is 0 Å². The van der Waals surface area contributed by atoms with Gasteiger partial charge in [0.2, 0.25) is 0 Å². The summed E-state index contributed by atoms with van der Waals surface area (Å²) in [6.45, 7) is 0.556. The number of hydrogen-bond acceptors (Lipinski definition) is 3. The van der Waals surface area contributed by atoms with Gasteiger partial charge in [-0.3, -0.25) is 4.79 Å². The Morgan fingerprint density at radius 3 is 2.90 bits per heavy atom. The van der Waals surface area contributed by atoms with Crippen LogP contribution in [-0.2, 0) is 9.53 Å². The molecule has 0 spiro atoms. The molecule has 0 amide bonds. The first-order valence-electron chi connectivity index (χ1n) is 3.21. The molecule has 0 bridgehead atoms. The molecule has 2 atom stereocenters. The molecule has 4 heteroatoms. The molecule has 1 saturated heterocycles. The third kappa shape index (κ3) is 1.26. The lowest BCUT2D eigenvalue weighted by atomic mass is 10.2. The Morgan fingerprint density at radius 2 is 2.50 bits per heavy atom. The summed E-state index contributed by atoms with van der Waals surface area (Å²) in [5.74, 6) is -0.509. The normalized spacial score (nSPS) is 32.2. The predicted octanol–water partition coefficient (Wildman–Crippen LogP) is -0.141. The van der Waals surface area contributed by atoms with Crippen LogP contribution in [0.3, 0.4) is 0 Å². The number of carbonyl (C=O) groups is 1. The molecule has 1 heterocycles. The van der Waals surface area contributed by atoms with Gasteiger partial charge in [-0.25, -0.2) is 4.39 Å². The van der Waals surface area contributed by atoms with E-state index in [-0.39, 0.29) is 0 Å². The van der Waals surface area contributed by atoms with Gasteiger partial charge in [-0.15, -0.1) is 0 Å². The smallest absolute Gasteiger partial charge is 0.325 e. The molecular formula is C6H10FNO2. The minimum atomic E-state index is -1.08. The lowest BCUT2D eigenvalue weighted by Crippen LogP contribution is -2.37. The number of ether oxygens (including phenoxy) is 1. The van der Waals surface area contributed by atoms with E-state index in [4.69, 9.17) is 0 Å². The summed E-state index contributed by atoms with van der Waals surface area (Å²) in [6, 6.07) is -0.731. The SMILES string of the molecule is COC(=O)C1NCCC1F. The van der Waals surface area contributed by atoms with Gasteiger partial charge in [0.1, 0.15) is 12.2 Å². The summed E-state index contributed by atoms with van der Waals surface area (Å²) in [5.41, 5.74) is 0. The van der Waals surface area contributed by atoms with Crippen molar-refractivity contribution >= 4 is 5.97 Å². The molecule has 0 aromatic rings. The molecule has 0 aliphatic carbocycles. The number of esters is 1. The Labute approximate surface area is 58.5 Å². The average Bonchev–Trinajstić information content (AvgIpc) is 2.34. The highest BCUT2D eigenvalue weighted by Gasteiger charge is 2.33. The molecule has 58 valence electrons. The van der Waals surface area contributed by atoms with E-state index in [1.807, 2.05) is 0 Å². The Hall–Kier alpha value is -0.640. The summed E-state index contributed by atoms with van der Waals surface area (Å²) in [4.78, 5) is 10.7. The Bertz CT molecular complexity index is 140. The van der Waals surface area contributed by atoms with Crippen molar-refractivity contribution in [2.45, 2.75) is 18.6 Å². The predicted molar refractivity (Wildman–Crippen MR) is 33.3 cm³/mol. The summed E-state index contributed by atoms with van der Waals surface area (Å²) in [5, 5.41) is 2.71. The molecule has 0 aromatic heterocycles. The topological polar surface area (TPSA) is 38.3 Å². The minimum absolute atomic E-state index is 0.403. The van der Waals surface area contributed by atoms with Gasteiger partial charge in [0.25, 0.3) is 0 Å². The van der Waals surface area contributed by atoms with Crippen molar-refractivity contribution < 1.29 is 13.9 Å². The van der Waals surface area contributed by atoms with Crippen molar-refractivity contribution in [3.63, 3.8) is 0 Å². The molecule has 1 aliphatic heterocycles. The van der Waals surface area contributed by atoms with Gasteiger partial charge in [0, 0.05) is 0 Å². The zero-order valence-electron chi connectivity index (χ0n) is 5.76. The standard InChI is InChI=1S/C6H10FNO2/c1-10-6(9)5-4(7)2-3-8-5/h4-5,8H,2-3H2,1H3. The molecule has 10 heavy (non-hydrogen) atoms. The first kappa shape index (κ1) is 7.47. The fourth-order valence-corrected chi connectivity index (χ4v) is 1.03. The van der Waals surface area contributed by atoms with Crippen LogP contribution in [-0.4, -0.2) is 31.8 Å². The van der Waals surface area contributed by atoms with Crippen molar-refractivity contribution in [2.75, 3.05) is 13.7 Å². The summed E-state index contributed by atoms with van der Waals surface area (Å²) in [6.07, 6.45) is -0.674. The highest BCUT2D eigenvalue weighted by molar-refractivity contribution is 5.76. The van der Waals surface area contributed by atoms with Gasteiger partial charge >= 0.3 is 5.97 Å². The van der Waals surface area contributed by atoms with Gasteiger partial charge in [-0.05, 0) is 13.0 Å². The number of carbonyl (C=O) groups excluding carboxylic acids is 1. The third-order valence-electron chi connectivity index (χ3n) is 1.60. The Morgan fingerprint density at radius 1 is 1.80 bits per heavy atom. The van der Waals surface area contributed by atoms with Crippen LogP contribution in [0.15, 0.2) is 0 Å². The molecule has 1 aliphatic rings. The van der Waals surface area contributed by atoms with Crippen LogP contribution >= 0.6 is 0 Å². The van der Waals surface area contributed by atoms with Gasteiger partial charge < -0.3 is 10.1 Å². The van der Waals surface area contributed by atoms with Crippen LogP contribution in [0.25, 0.3) is 0 Å². The average molecular weight is 147 g/mol. The summed E-state index contributed by atoms with van der Waals surface area (Å²) in [7, 11) is 1.26. The Kier molecular flexibility index (Phi) is 2.21. The van der Waals surface area contributed by atoms with Crippen LogP contribution in [0.1, 0.15) is 6.42 Å². The molecule has 1 fully saturated rings. The summed E-state index contributed by atoms with van der Waals surface area (Å²) < 4.78 is 17.0. The quantitative estimate of drug-likeness (QED) is 0.524. The third-order valence-corrected chi connectivity index (χ3v) is 1.60. The Balaban J connectivity index is 2.46. The van der Waals surface area contributed by atoms with Crippen molar-refractivity contribution in [1.29, 1.82) is 0 Å². The highest BCUT2D eigenvalue weighted by atomic mass is 19.1. The molecule has 1 rings (SSSR count). The van der Waals surface area contributed by atoms with Crippen LogP contribution in [0.2, 0.25) is 0 Å².